The van der Waals surface area contributed by atoms with Crippen LogP contribution in [0.25, 0.3) is 0 Å². The highest BCUT2D eigenvalue weighted by molar-refractivity contribution is 6.34. The van der Waals surface area contributed by atoms with Crippen molar-refractivity contribution in [1.29, 1.82) is 0 Å². The second kappa shape index (κ2) is 9.39. The highest BCUT2D eigenvalue weighted by atomic mass is 35.5. The molecule has 0 saturated carbocycles. The first-order valence-corrected chi connectivity index (χ1v) is 11.2. The van der Waals surface area contributed by atoms with Gasteiger partial charge in [-0.3, -0.25) is 14.7 Å². The van der Waals surface area contributed by atoms with Crippen molar-refractivity contribution in [2.75, 3.05) is 11.4 Å². The van der Waals surface area contributed by atoms with Gasteiger partial charge in [-0.05, 0) is 66.6 Å². The van der Waals surface area contributed by atoms with Crippen molar-refractivity contribution in [3.63, 3.8) is 0 Å². The van der Waals surface area contributed by atoms with E-state index in [0.717, 1.165) is 17.0 Å². The molecule has 2 N–H and O–H groups in total. The number of rotatable bonds is 5. The van der Waals surface area contributed by atoms with E-state index in [4.69, 9.17) is 23.2 Å². The quantitative estimate of drug-likeness (QED) is 0.457. The summed E-state index contributed by atoms with van der Waals surface area (Å²) in [5, 5.41) is 4.86. The standard InChI is InChI=1S/C24H19Cl2F3N4O2/c1-14-8-19(5-6-20(14)21(34)31-12-18-4-2-3-7-30-18)33-13-23(24(27,28)29,32-22(33)35)15-9-16(25)11-17(26)10-15/h2-11H,12-13H2,1H3,(H,31,34)(H,32,35). The van der Waals surface area contributed by atoms with Gasteiger partial charge in [-0.25, -0.2) is 4.79 Å². The van der Waals surface area contributed by atoms with Crippen LogP contribution in [-0.4, -0.2) is 29.6 Å². The largest absolute Gasteiger partial charge is 0.417 e. The van der Waals surface area contributed by atoms with Gasteiger partial charge in [-0.2, -0.15) is 13.2 Å². The Labute approximate surface area is 209 Å². The second-order valence-corrected chi connectivity index (χ2v) is 8.95. The van der Waals surface area contributed by atoms with Crippen LogP contribution < -0.4 is 15.5 Å². The van der Waals surface area contributed by atoms with Gasteiger partial charge in [0.05, 0.1) is 18.8 Å². The Kier molecular flexibility index (Phi) is 6.66. The normalized spacial score (nSPS) is 17.9. The third kappa shape index (κ3) is 4.92. The van der Waals surface area contributed by atoms with Crippen LogP contribution >= 0.6 is 23.2 Å². The minimum atomic E-state index is -4.84. The first-order chi connectivity index (χ1) is 16.5. The van der Waals surface area contributed by atoms with Crippen molar-refractivity contribution in [3.05, 3.63) is 93.2 Å². The molecular formula is C24H19Cl2F3N4O2. The molecular weight excluding hydrogens is 504 g/mol. The lowest BCUT2D eigenvalue weighted by Gasteiger charge is -2.31. The predicted octanol–water partition coefficient (Wildman–Crippen LogP) is 5.61. The number of nitrogens with one attached hydrogen (secondary N) is 2. The molecule has 1 aliphatic rings. The lowest BCUT2D eigenvalue weighted by molar-refractivity contribution is -0.190. The monoisotopic (exact) mass is 522 g/mol. The summed E-state index contributed by atoms with van der Waals surface area (Å²) < 4.78 is 42.9. The molecule has 0 spiro atoms. The van der Waals surface area contributed by atoms with Gasteiger partial charge in [0.25, 0.3) is 5.91 Å². The molecule has 1 unspecified atom stereocenters. The Morgan fingerprint density at radius 1 is 1.14 bits per heavy atom. The van der Waals surface area contributed by atoms with Crippen molar-refractivity contribution >= 4 is 40.8 Å². The Bertz CT molecular complexity index is 1270. The molecule has 1 atom stereocenters. The molecule has 3 aromatic rings. The van der Waals surface area contributed by atoms with Crippen LogP contribution in [0.5, 0.6) is 0 Å². The number of nitrogens with zero attached hydrogens (tertiary/aromatic N) is 2. The number of carbonyl (C=O) groups is 2. The number of halogens is 5. The molecule has 2 aromatic carbocycles. The topological polar surface area (TPSA) is 74.3 Å². The smallest absolute Gasteiger partial charge is 0.346 e. The second-order valence-electron chi connectivity index (χ2n) is 8.08. The Morgan fingerprint density at radius 3 is 2.46 bits per heavy atom. The summed E-state index contributed by atoms with van der Waals surface area (Å²) in [6.07, 6.45) is -3.23. The number of pyridine rings is 1. The number of hydrogen-bond donors (Lipinski definition) is 2. The van der Waals surface area contributed by atoms with Gasteiger partial charge in [0, 0.05) is 27.5 Å². The SMILES string of the molecule is Cc1cc(N2CC(c3cc(Cl)cc(Cl)c3)(C(F)(F)F)NC2=O)ccc1C(=O)NCc1ccccn1. The zero-order chi connectivity index (χ0) is 25.4. The minimum Gasteiger partial charge on any atom is -0.346 e. The number of alkyl halides is 3. The summed E-state index contributed by atoms with van der Waals surface area (Å²) >= 11 is 11.9. The highest BCUT2D eigenvalue weighted by Crippen LogP contribution is 2.45. The number of anilines is 1. The van der Waals surface area contributed by atoms with Crippen LogP contribution in [0.3, 0.4) is 0 Å². The summed E-state index contributed by atoms with van der Waals surface area (Å²) in [6, 6.07) is 12.3. The summed E-state index contributed by atoms with van der Waals surface area (Å²) in [5.41, 5.74) is -1.29. The number of aromatic nitrogens is 1. The summed E-state index contributed by atoms with van der Waals surface area (Å²) in [5.74, 6) is -0.371. The molecule has 1 saturated heterocycles. The van der Waals surface area contributed by atoms with Crippen LogP contribution in [0.2, 0.25) is 10.0 Å². The first kappa shape index (κ1) is 24.8. The van der Waals surface area contributed by atoms with E-state index in [-0.39, 0.29) is 33.7 Å². The Balaban J connectivity index is 1.60. The summed E-state index contributed by atoms with van der Waals surface area (Å²) in [6.45, 7) is 1.11. The van der Waals surface area contributed by atoms with Crippen LogP contribution in [0.1, 0.15) is 27.2 Å². The average Bonchev–Trinajstić information content (AvgIpc) is 3.16. The fourth-order valence-corrected chi connectivity index (χ4v) is 4.46. The highest BCUT2D eigenvalue weighted by Gasteiger charge is 2.62. The lowest BCUT2D eigenvalue weighted by atomic mass is 9.89. The fourth-order valence-electron chi connectivity index (χ4n) is 3.93. The van der Waals surface area contributed by atoms with Crippen LogP contribution in [-0.2, 0) is 12.1 Å². The number of urea groups is 1. The molecule has 2 heterocycles. The molecule has 1 aromatic heterocycles. The minimum absolute atomic E-state index is 0.0146. The van der Waals surface area contributed by atoms with E-state index in [1.165, 1.54) is 24.3 Å². The van der Waals surface area contributed by atoms with E-state index in [9.17, 15) is 22.8 Å². The number of hydrogen-bond acceptors (Lipinski definition) is 3. The van der Waals surface area contributed by atoms with Gasteiger partial charge in [0.15, 0.2) is 5.54 Å². The average molecular weight is 523 g/mol. The van der Waals surface area contributed by atoms with Gasteiger partial charge < -0.3 is 10.6 Å². The van der Waals surface area contributed by atoms with Gasteiger partial charge in [-0.1, -0.05) is 29.3 Å². The van der Waals surface area contributed by atoms with E-state index < -0.39 is 24.3 Å². The Morgan fingerprint density at radius 2 is 1.86 bits per heavy atom. The van der Waals surface area contributed by atoms with Crippen molar-refractivity contribution in [1.82, 2.24) is 15.6 Å². The number of benzene rings is 2. The summed E-state index contributed by atoms with van der Waals surface area (Å²) in [7, 11) is 0. The fraction of sp³-hybridized carbons (Fsp3) is 0.208. The van der Waals surface area contributed by atoms with Crippen LogP contribution in [0.4, 0.5) is 23.7 Å². The van der Waals surface area contributed by atoms with Crippen LogP contribution in [0, 0.1) is 6.92 Å². The number of aryl methyl sites for hydroxylation is 1. The van der Waals surface area contributed by atoms with E-state index >= 15 is 0 Å². The molecule has 0 bridgehead atoms. The van der Waals surface area contributed by atoms with Gasteiger partial charge in [-0.15, -0.1) is 0 Å². The molecule has 1 aliphatic heterocycles. The molecule has 6 nitrogen and oxygen atoms in total. The van der Waals surface area contributed by atoms with E-state index in [0.29, 0.717) is 16.8 Å². The predicted molar refractivity (Wildman–Crippen MR) is 127 cm³/mol. The third-order valence-corrected chi connectivity index (χ3v) is 6.16. The molecule has 4 rings (SSSR count). The Hall–Kier alpha value is -3.30. The van der Waals surface area contributed by atoms with Gasteiger partial charge >= 0.3 is 12.2 Å². The summed E-state index contributed by atoms with van der Waals surface area (Å²) in [4.78, 5) is 30.5. The zero-order valence-corrected chi connectivity index (χ0v) is 19.8. The van der Waals surface area contributed by atoms with Crippen molar-refractivity contribution < 1.29 is 22.8 Å². The first-order valence-electron chi connectivity index (χ1n) is 10.4. The lowest BCUT2D eigenvalue weighted by Crippen LogP contribution is -2.53. The van der Waals surface area contributed by atoms with Crippen molar-refractivity contribution in [3.8, 4) is 0 Å². The number of amides is 3. The molecule has 1 fully saturated rings. The molecule has 11 heteroatoms. The van der Waals surface area contributed by atoms with E-state index in [1.54, 1.807) is 31.3 Å². The maximum Gasteiger partial charge on any atom is 0.417 e. The molecule has 0 aliphatic carbocycles. The zero-order valence-electron chi connectivity index (χ0n) is 18.3. The van der Waals surface area contributed by atoms with Crippen LogP contribution in [0.15, 0.2) is 60.8 Å². The molecule has 35 heavy (non-hydrogen) atoms. The molecule has 182 valence electrons. The maximum absolute atomic E-state index is 14.3. The van der Waals surface area contributed by atoms with Gasteiger partial charge in [0.2, 0.25) is 0 Å². The van der Waals surface area contributed by atoms with Crippen molar-refractivity contribution in [2.45, 2.75) is 25.2 Å². The third-order valence-electron chi connectivity index (χ3n) is 5.72. The maximum atomic E-state index is 14.3. The molecule has 3 amide bonds. The van der Waals surface area contributed by atoms with Crippen molar-refractivity contribution in [2.24, 2.45) is 0 Å². The van der Waals surface area contributed by atoms with E-state index in [2.05, 4.69) is 15.6 Å². The van der Waals surface area contributed by atoms with E-state index in [1.807, 2.05) is 0 Å². The van der Waals surface area contributed by atoms with Gasteiger partial charge in [0.1, 0.15) is 0 Å². The molecule has 0 radical (unpaired) electrons. The number of carbonyl (C=O) groups excluding carboxylic acids is 2.